The Labute approximate surface area is 144 Å². The van der Waals surface area contributed by atoms with Crippen molar-refractivity contribution in [2.75, 3.05) is 17.7 Å². The Morgan fingerprint density at radius 1 is 1.21 bits per heavy atom. The second kappa shape index (κ2) is 7.30. The van der Waals surface area contributed by atoms with E-state index in [0.29, 0.717) is 11.6 Å². The molecule has 1 aromatic carbocycles. The highest BCUT2D eigenvalue weighted by atomic mass is 32.2. The average Bonchev–Trinajstić information content (AvgIpc) is 2.92. The average molecular weight is 344 g/mol. The van der Waals surface area contributed by atoms with Gasteiger partial charge < -0.3 is 10.3 Å². The molecule has 0 saturated carbocycles. The first kappa shape index (κ1) is 16.9. The van der Waals surface area contributed by atoms with Gasteiger partial charge >= 0.3 is 0 Å². The van der Waals surface area contributed by atoms with Gasteiger partial charge in [-0.15, -0.1) is 0 Å². The number of nitrogens with zero attached hydrogens (tertiary/aromatic N) is 3. The topological polar surface area (TPSA) is 73.8 Å². The van der Waals surface area contributed by atoms with Gasteiger partial charge in [-0.05, 0) is 18.9 Å². The first-order valence-electron chi connectivity index (χ1n) is 8.45. The first-order chi connectivity index (χ1) is 11.6. The number of hydrogen-bond donors (Lipinski definition) is 1. The highest BCUT2D eigenvalue weighted by Gasteiger charge is 2.16. The van der Waals surface area contributed by atoms with Gasteiger partial charge in [0, 0.05) is 41.2 Å². The number of imidazole rings is 1. The van der Waals surface area contributed by atoms with Gasteiger partial charge in [0.25, 0.3) is 0 Å². The van der Waals surface area contributed by atoms with Gasteiger partial charge in [0.15, 0.2) is 5.82 Å². The van der Waals surface area contributed by atoms with E-state index in [4.69, 9.17) is 10.7 Å². The summed E-state index contributed by atoms with van der Waals surface area (Å²) in [5, 5.41) is 1.08. The van der Waals surface area contributed by atoms with Crippen molar-refractivity contribution < 1.29 is 4.21 Å². The van der Waals surface area contributed by atoms with Crippen molar-refractivity contribution in [3.05, 3.63) is 30.1 Å². The summed E-state index contributed by atoms with van der Waals surface area (Å²) in [6.45, 7) is 2.99. The van der Waals surface area contributed by atoms with Gasteiger partial charge in [0.2, 0.25) is 0 Å². The van der Waals surface area contributed by atoms with Crippen LogP contribution >= 0.6 is 0 Å². The van der Waals surface area contributed by atoms with Crippen molar-refractivity contribution in [3.63, 3.8) is 0 Å². The van der Waals surface area contributed by atoms with E-state index in [0.717, 1.165) is 60.0 Å². The quantitative estimate of drug-likeness (QED) is 0.714. The van der Waals surface area contributed by atoms with E-state index in [2.05, 4.69) is 22.5 Å². The SMILES string of the molecule is CCCCc1nc2c(N)nc3ccccc3c2n1CCCS(C)=O. The summed E-state index contributed by atoms with van der Waals surface area (Å²) < 4.78 is 13.7. The number of aromatic nitrogens is 3. The van der Waals surface area contributed by atoms with Gasteiger partial charge in [0.1, 0.15) is 11.3 Å². The summed E-state index contributed by atoms with van der Waals surface area (Å²) >= 11 is 0. The van der Waals surface area contributed by atoms with Gasteiger partial charge in [-0.25, -0.2) is 9.97 Å². The second-order valence-electron chi connectivity index (χ2n) is 6.13. The Balaban J connectivity index is 2.16. The molecule has 0 aliphatic heterocycles. The first-order valence-corrected chi connectivity index (χ1v) is 10.2. The molecule has 5 nitrogen and oxygen atoms in total. The summed E-state index contributed by atoms with van der Waals surface area (Å²) in [4.78, 5) is 9.30. The normalized spacial score (nSPS) is 12.9. The fourth-order valence-electron chi connectivity index (χ4n) is 3.10. The number of unbranched alkanes of at least 4 members (excludes halogenated alkanes) is 1. The van der Waals surface area contributed by atoms with Crippen molar-refractivity contribution in [2.45, 2.75) is 39.2 Å². The maximum absolute atomic E-state index is 11.4. The van der Waals surface area contributed by atoms with Crippen LogP contribution in [0.1, 0.15) is 32.0 Å². The molecule has 3 aromatic rings. The number of benzene rings is 1. The Morgan fingerprint density at radius 2 is 2.00 bits per heavy atom. The fourth-order valence-corrected chi connectivity index (χ4v) is 3.63. The van der Waals surface area contributed by atoms with E-state index in [1.807, 2.05) is 18.2 Å². The van der Waals surface area contributed by atoms with Gasteiger partial charge in [-0.2, -0.15) is 0 Å². The zero-order chi connectivity index (χ0) is 17.1. The molecule has 1 atom stereocenters. The lowest BCUT2D eigenvalue weighted by Crippen LogP contribution is -2.07. The van der Waals surface area contributed by atoms with Gasteiger partial charge in [0.05, 0.1) is 11.0 Å². The minimum atomic E-state index is -0.775. The van der Waals surface area contributed by atoms with Crippen molar-refractivity contribution in [1.29, 1.82) is 0 Å². The van der Waals surface area contributed by atoms with Crippen LogP contribution in [0.4, 0.5) is 5.82 Å². The highest BCUT2D eigenvalue weighted by Crippen LogP contribution is 2.29. The monoisotopic (exact) mass is 344 g/mol. The van der Waals surface area contributed by atoms with Gasteiger partial charge in [-0.1, -0.05) is 31.5 Å². The lowest BCUT2D eigenvalue weighted by atomic mass is 10.2. The standard InChI is InChI=1S/C18H24N4OS/c1-3-4-10-15-21-16-17(22(15)11-7-12-24(2)23)13-8-5-6-9-14(13)20-18(16)19/h5-6,8-9H,3-4,7,10-12H2,1-2H3,(H2,19,20). The van der Waals surface area contributed by atoms with E-state index in [9.17, 15) is 4.21 Å². The molecule has 2 aromatic heterocycles. The number of nitrogens with two attached hydrogens (primary N) is 1. The third-order valence-corrected chi connectivity index (χ3v) is 5.12. The number of hydrogen-bond acceptors (Lipinski definition) is 4. The summed E-state index contributed by atoms with van der Waals surface area (Å²) in [6.07, 6.45) is 5.75. The molecule has 6 heteroatoms. The molecule has 2 heterocycles. The number of pyridine rings is 1. The largest absolute Gasteiger partial charge is 0.382 e. The molecule has 0 spiro atoms. The Kier molecular flexibility index (Phi) is 5.14. The summed E-state index contributed by atoms with van der Waals surface area (Å²) in [6, 6.07) is 8.04. The van der Waals surface area contributed by atoms with Crippen molar-refractivity contribution in [1.82, 2.24) is 14.5 Å². The van der Waals surface area contributed by atoms with E-state index >= 15 is 0 Å². The van der Waals surface area contributed by atoms with E-state index < -0.39 is 10.8 Å². The van der Waals surface area contributed by atoms with E-state index in [1.54, 1.807) is 6.26 Å². The third kappa shape index (κ3) is 3.29. The molecule has 0 fully saturated rings. The Morgan fingerprint density at radius 3 is 2.75 bits per heavy atom. The maximum Gasteiger partial charge on any atom is 0.152 e. The fraction of sp³-hybridized carbons (Fsp3) is 0.444. The molecule has 1 unspecified atom stereocenters. The molecule has 2 N–H and O–H groups in total. The minimum Gasteiger partial charge on any atom is -0.382 e. The smallest absolute Gasteiger partial charge is 0.152 e. The Hall–Kier alpha value is -1.95. The molecule has 128 valence electrons. The summed E-state index contributed by atoms with van der Waals surface area (Å²) in [7, 11) is -0.775. The van der Waals surface area contributed by atoms with Crippen LogP contribution in [0.15, 0.2) is 24.3 Å². The number of aryl methyl sites for hydroxylation is 2. The van der Waals surface area contributed by atoms with Crippen LogP contribution in [-0.2, 0) is 23.8 Å². The summed E-state index contributed by atoms with van der Waals surface area (Å²) in [5.41, 5.74) is 8.92. The van der Waals surface area contributed by atoms with Crippen LogP contribution in [-0.4, -0.2) is 30.8 Å². The van der Waals surface area contributed by atoms with Gasteiger partial charge in [-0.3, -0.25) is 4.21 Å². The predicted molar refractivity (Wildman–Crippen MR) is 102 cm³/mol. The van der Waals surface area contributed by atoms with Crippen LogP contribution in [0.2, 0.25) is 0 Å². The number of nitrogen functional groups attached to an aromatic ring is 1. The number of fused-ring (bicyclic) bond motifs is 3. The van der Waals surface area contributed by atoms with Crippen molar-refractivity contribution in [3.8, 4) is 0 Å². The van der Waals surface area contributed by atoms with Crippen LogP contribution in [0.5, 0.6) is 0 Å². The summed E-state index contributed by atoms with van der Waals surface area (Å²) in [5.74, 6) is 2.24. The Bertz CT molecular complexity index is 887. The second-order valence-corrected chi connectivity index (χ2v) is 7.68. The van der Waals surface area contributed by atoms with E-state index in [1.165, 1.54) is 0 Å². The van der Waals surface area contributed by atoms with Crippen LogP contribution < -0.4 is 5.73 Å². The number of anilines is 1. The lowest BCUT2D eigenvalue weighted by Gasteiger charge is -2.10. The number of rotatable bonds is 7. The minimum absolute atomic E-state index is 0.485. The van der Waals surface area contributed by atoms with Crippen LogP contribution in [0.25, 0.3) is 21.9 Å². The molecular weight excluding hydrogens is 320 g/mol. The lowest BCUT2D eigenvalue weighted by molar-refractivity contribution is 0.631. The molecule has 0 aliphatic rings. The van der Waals surface area contributed by atoms with E-state index in [-0.39, 0.29) is 0 Å². The van der Waals surface area contributed by atoms with Crippen LogP contribution in [0.3, 0.4) is 0 Å². The molecule has 0 aliphatic carbocycles. The molecule has 0 saturated heterocycles. The molecule has 0 bridgehead atoms. The molecule has 0 radical (unpaired) electrons. The van der Waals surface area contributed by atoms with Crippen molar-refractivity contribution in [2.24, 2.45) is 0 Å². The zero-order valence-electron chi connectivity index (χ0n) is 14.3. The third-order valence-electron chi connectivity index (χ3n) is 4.26. The molecule has 3 rings (SSSR count). The molecular formula is C18H24N4OS. The molecule has 24 heavy (non-hydrogen) atoms. The maximum atomic E-state index is 11.4. The van der Waals surface area contributed by atoms with Crippen molar-refractivity contribution >= 4 is 38.6 Å². The molecule has 0 amide bonds. The zero-order valence-corrected chi connectivity index (χ0v) is 15.1. The van der Waals surface area contributed by atoms with Crippen LogP contribution in [0, 0.1) is 0 Å². The highest BCUT2D eigenvalue weighted by molar-refractivity contribution is 7.84. The predicted octanol–water partition coefficient (Wildman–Crippen LogP) is 3.28. The number of para-hydroxylation sites is 1.